The van der Waals surface area contributed by atoms with Crippen molar-refractivity contribution in [2.45, 2.75) is 26.4 Å². The van der Waals surface area contributed by atoms with Crippen molar-refractivity contribution in [3.63, 3.8) is 0 Å². The number of likely N-dealkylation sites (N-methyl/N-ethyl adjacent to an activating group) is 2. The van der Waals surface area contributed by atoms with Gasteiger partial charge >= 0.3 is 0 Å². The molecule has 0 saturated heterocycles. The van der Waals surface area contributed by atoms with Gasteiger partial charge in [-0.1, -0.05) is 19.9 Å². The zero-order valence-corrected chi connectivity index (χ0v) is 10.8. The van der Waals surface area contributed by atoms with Gasteiger partial charge in [0.2, 0.25) is 0 Å². The maximum absolute atomic E-state index is 4.36. The van der Waals surface area contributed by atoms with Crippen LogP contribution in [-0.2, 0) is 6.54 Å². The molecule has 1 N–H and O–H groups in total. The number of hydrogen-bond acceptors (Lipinski definition) is 3. The Kier molecular flexibility index (Phi) is 5.43. The molecule has 0 aliphatic carbocycles. The minimum Gasteiger partial charge on any atom is -0.318 e. The van der Waals surface area contributed by atoms with E-state index in [2.05, 4.69) is 42.2 Å². The minimum absolute atomic E-state index is 0.548. The van der Waals surface area contributed by atoms with E-state index in [4.69, 9.17) is 0 Å². The second-order valence-electron chi connectivity index (χ2n) is 4.61. The van der Waals surface area contributed by atoms with Gasteiger partial charge in [-0.2, -0.15) is 0 Å². The molecule has 1 heterocycles. The molecule has 16 heavy (non-hydrogen) atoms. The van der Waals surface area contributed by atoms with Crippen molar-refractivity contribution in [1.29, 1.82) is 0 Å². The van der Waals surface area contributed by atoms with Crippen molar-refractivity contribution in [1.82, 2.24) is 15.2 Å². The molecule has 3 nitrogen and oxygen atoms in total. The lowest BCUT2D eigenvalue weighted by molar-refractivity contribution is 0.180. The third-order valence-corrected chi connectivity index (χ3v) is 2.89. The molecule has 90 valence electrons. The Labute approximate surface area is 98.9 Å². The lowest BCUT2D eigenvalue weighted by Gasteiger charge is -2.30. The van der Waals surface area contributed by atoms with Crippen molar-refractivity contribution in [3.05, 3.63) is 30.1 Å². The molecular formula is C13H23N3. The molecule has 0 aliphatic heterocycles. The fraction of sp³-hybridized carbons (Fsp3) is 0.615. The SMILES string of the molecule is CNCC(C(C)C)N(C)Cc1ccccn1. The molecule has 1 unspecified atom stereocenters. The Morgan fingerprint density at radius 2 is 2.12 bits per heavy atom. The molecule has 0 fully saturated rings. The van der Waals surface area contributed by atoms with Crippen LogP contribution in [-0.4, -0.2) is 36.6 Å². The fourth-order valence-electron chi connectivity index (χ4n) is 1.97. The highest BCUT2D eigenvalue weighted by Gasteiger charge is 2.17. The van der Waals surface area contributed by atoms with Crippen LogP contribution >= 0.6 is 0 Å². The molecule has 1 rings (SSSR count). The molecule has 0 radical (unpaired) electrons. The van der Waals surface area contributed by atoms with Gasteiger partial charge in [-0.25, -0.2) is 0 Å². The first-order valence-corrected chi connectivity index (χ1v) is 5.90. The van der Waals surface area contributed by atoms with E-state index >= 15 is 0 Å². The Balaban J connectivity index is 2.58. The fourth-order valence-corrected chi connectivity index (χ4v) is 1.97. The van der Waals surface area contributed by atoms with Crippen LogP contribution in [0, 0.1) is 5.92 Å². The molecule has 0 aromatic carbocycles. The molecule has 1 atom stereocenters. The number of rotatable bonds is 6. The van der Waals surface area contributed by atoms with Crippen molar-refractivity contribution in [2.24, 2.45) is 5.92 Å². The number of nitrogens with one attached hydrogen (secondary N) is 1. The average Bonchev–Trinajstić information content (AvgIpc) is 2.26. The van der Waals surface area contributed by atoms with E-state index in [1.54, 1.807) is 0 Å². The van der Waals surface area contributed by atoms with E-state index in [0.717, 1.165) is 18.8 Å². The van der Waals surface area contributed by atoms with E-state index < -0.39 is 0 Å². The van der Waals surface area contributed by atoms with Crippen LogP contribution in [0.5, 0.6) is 0 Å². The molecule has 1 aromatic heterocycles. The summed E-state index contributed by atoms with van der Waals surface area (Å²) in [5.74, 6) is 0.640. The van der Waals surface area contributed by atoms with E-state index in [1.165, 1.54) is 0 Å². The van der Waals surface area contributed by atoms with E-state index in [9.17, 15) is 0 Å². The zero-order chi connectivity index (χ0) is 12.0. The highest BCUT2D eigenvalue weighted by Crippen LogP contribution is 2.11. The van der Waals surface area contributed by atoms with Gasteiger partial charge in [0.15, 0.2) is 0 Å². The summed E-state index contributed by atoms with van der Waals surface area (Å²) in [4.78, 5) is 6.72. The van der Waals surface area contributed by atoms with Gasteiger partial charge < -0.3 is 5.32 Å². The largest absolute Gasteiger partial charge is 0.318 e. The molecule has 0 saturated carbocycles. The summed E-state index contributed by atoms with van der Waals surface area (Å²) in [7, 11) is 4.17. The van der Waals surface area contributed by atoms with Gasteiger partial charge in [-0.15, -0.1) is 0 Å². The third-order valence-electron chi connectivity index (χ3n) is 2.89. The summed E-state index contributed by atoms with van der Waals surface area (Å²) in [6.07, 6.45) is 1.85. The number of nitrogens with zero attached hydrogens (tertiary/aromatic N) is 2. The van der Waals surface area contributed by atoms with Gasteiger partial charge in [0.05, 0.1) is 5.69 Å². The van der Waals surface area contributed by atoms with E-state index in [1.807, 2.05) is 25.4 Å². The van der Waals surface area contributed by atoms with Gasteiger partial charge in [0, 0.05) is 25.3 Å². The summed E-state index contributed by atoms with van der Waals surface area (Å²) in [6, 6.07) is 6.62. The first-order valence-electron chi connectivity index (χ1n) is 5.90. The van der Waals surface area contributed by atoms with Crippen LogP contribution in [0.1, 0.15) is 19.5 Å². The summed E-state index contributed by atoms with van der Waals surface area (Å²) in [5, 5.41) is 3.25. The molecule has 0 aliphatic rings. The molecule has 1 aromatic rings. The number of aromatic nitrogens is 1. The van der Waals surface area contributed by atoms with Crippen LogP contribution < -0.4 is 5.32 Å². The summed E-state index contributed by atoms with van der Waals surface area (Å²) in [5.41, 5.74) is 1.13. The molecule has 0 amide bonds. The maximum Gasteiger partial charge on any atom is 0.0543 e. The first kappa shape index (κ1) is 13.1. The second kappa shape index (κ2) is 6.61. The average molecular weight is 221 g/mol. The number of pyridine rings is 1. The first-order chi connectivity index (χ1) is 7.65. The van der Waals surface area contributed by atoms with Gasteiger partial charge in [-0.3, -0.25) is 9.88 Å². The van der Waals surface area contributed by atoms with Gasteiger partial charge in [0.1, 0.15) is 0 Å². The highest BCUT2D eigenvalue weighted by molar-refractivity contribution is 5.03. The van der Waals surface area contributed by atoms with Gasteiger partial charge in [0.25, 0.3) is 0 Å². The maximum atomic E-state index is 4.36. The molecule has 3 heteroatoms. The Morgan fingerprint density at radius 1 is 1.38 bits per heavy atom. The predicted octanol–water partition coefficient (Wildman–Crippen LogP) is 1.76. The predicted molar refractivity (Wildman–Crippen MR) is 68.3 cm³/mol. The quantitative estimate of drug-likeness (QED) is 0.793. The van der Waals surface area contributed by atoms with E-state index in [-0.39, 0.29) is 0 Å². The Morgan fingerprint density at radius 3 is 2.62 bits per heavy atom. The van der Waals surface area contributed by atoms with Crippen molar-refractivity contribution in [3.8, 4) is 0 Å². The van der Waals surface area contributed by atoms with Gasteiger partial charge in [-0.05, 0) is 32.1 Å². The smallest absolute Gasteiger partial charge is 0.0543 e. The van der Waals surface area contributed by atoms with Crippen LogP contribution in [0.4, 0.5) is 0 Å². The summed E-state index contributed by atoms with van der Waals surface area (Å²) < 4.78 is 0. The van der Waals surface area contributed by atoms with Crippen molar-refractivity contribution >= 4 is 0 Å². The van der Waals surface area contributed by atoms with Crippen LogP contribution in [0.15, 0.2) is 24.4 Å². The lowest BCUT2D eigenvalue weighted by Crippen LogP contribution is -2.42. The standard InChI is InChI=1S/C13H23N3/c1-11(2)13(9-14-3)16(4)10-12-7-5-6-8-15-12/h5-8,11,13-14H,9-10H2,1-4H3. The van der Waals surface area contributed by atoms with Crippen LogP contribution in [0.3, 0.4) is 0 Å². The minimum atomic E-state index is 0.548. The highest BCUT2D eigenvalue weighted by atomic mass is 15.2. The second-order valence-corrected chi connectivity index (χ2v) is 4.61. The lowest BCUT2D eigenvalue weighted by atomic mass is 10.0. The molecule has 0 spiro atoms. The monoisotopic (exact) mass is 221 g/mol. The van der Waals surface area contributed by atoms with Crippen LogP contribution in [0.25, 0.3) is 0 Å². The van der Waals surface area contributed by atoms with Crippen LogP contribution in [0.2, 0.25) is 0 Å². The molecular weight excluding hydrogens is 198 g/mol. The number of hydrogen-bond donors (Lipinski definition) is 1. The normalized spacial score (nSPS) is 13.4. The topological polar surface area (TPSA) is 28.2 Å². The Bertz CT molecular complexity index is 284. The summed E-state index contributed by atoms with van der Waals surface area (Å²) >= 11 is 0. The zero-order valence-electron chi connectivity index (χ0n) is 10.8. The van der Waals surface area contributed by atoms with E-state index in [0.29, 0.717) is 12.0 Å². The molecule has 0 bridgehead atoms. The van der Waals surface area contributed by atoms with Crippen molar-refractivity contribution in [2.75, 3.05) is 20.6 Å². The summed E-state index contributed by atoms with van der Waals surface area (Å²) in [6.45, 7) is 6.44. The Hall–Kier alpha value is -0.930. The third kappa shape index (κ3) is 3.91. The van der Waals surface area contributed by atoms with Crippen molar-refractivity contribution < 1.29 is 0 Å².